The summed E-state index contributed by atoms with van der Waals surface area (Å²) in [7, 11) is 0. The Morgan fingerprint density at radius 3 is 2.64 bits per heavy atom. The Balaban J connectivity index is 3.94. The first kappa shape index (κ1) is 12.6. The highest BCUT2D eigenvalue weighted by Gasteiger charge is 2.19. The molecule has 0 amide bonds. The van der Waals surface area contributed by atoms with E-state index >= 15 is 0 Å². The lowest BCUT2D eigenvalue weighted by Gasteiger charge is -2.13. The number of likely N-dealkylation sites (N-methyl/N-ethyl adjacent to an activating group) is 1. The number of nitrogens with zero attached hydrogens (tertiary/aromatic N) is 1. The summed E-state index contributed by atoms with van der Waals surface area (Å²) in [5, 5.41) is 11.4. The predicted octanol–water partition coefficient (Wildman–Crippen LogP) is 0.431. The van der Waals surface area contributed by atoms with Crippen molar-refractivity contribution >= 4 is 5.97 Å². The van der Waals surface area contributed by atoms with E-state index < -0.39 is 17.1 Å². The van der Waals surface area contributed by atoms with Gasteiger partial charge in [-0.25, -0.2) is 4.79 Å². The summed E-state index contributed by atoms with van der Waals surface area (Å²) < 4.78 is 0. The summed E-state index contributed by atoms with van der Waals surface area (Å²) in [5.74, 6) is -0.773. The van der Waals surface area contributed by atoms with Crippen LogP contribution in [0.3, 0.4) is 0 Å². The molecule has 0 aliphatic carbocycles. The van der Waals surface area contributed by atoms with E-state index in [-0.39, 0.29) is 0 Å². The average Bonchev–Trinajstić information content (AvgIpc) is 2.14. The van der Waals surface area contributed by atoms with Crippen molar-refractivity contribution in [2.24, 2.45) is 0 Å². The zero-order valence-corrected chi connectivity index (χ0v) is 8.19. The fourth-order valence-corrected chi connectivity index (χ4v) is 0.964. The Kier molecular flexibility index (Phi) is 6.38. The predicted molar refractivity (Wildman–Crippen MR) is 46.5 cm³/mol. The highest BCUT2D eigenvalue weighted by atomic mass is 17.3. The Labute approximate surface area is 81.4 Å². The quantitative estimate of drug-likeness (QED) is 0.369. The van der Waals surface area contributed by atoms with Crippen molar-refractivity contribution in [1.29, 1.82) is 0 Å². The topological polar surface area (TPSA) is 90.7 Å². The molecular weight excluding hydrogens is 192 g/mol. The van der Waals surface area contributed by atoms with Crippen LogP contribution in [-0.2, 0) is 14.7 Å². The molecule has 0 rings (SSSR count). The third-order valence-corrected chi connectivity index (χ3v) is 1.49. The van der Waals surface area contributed by atoms with Crippen LogP contribution in [0, 0.1) is 10.1 Å². The Morgan fingerprint density at radius 1 is 1.57 bits per heavy atom. The standard InChI is InChI=1S/C7H14N2O5/c1-3-5-6(8-4-2)7(10)13-14-9(11)12/h6,8H,3-5H2,1-2H3. The lowest BCUT2D eigenvalue weighted by Crippen LogP contribution is -2.38. The van der Waals surface area contributed by atoms with Crippen LogP contribution in [0.25, 0.3) is 0 Å². The van der Waals surface area contributed by atoms with E-state index in [9.17, 15) is 14.9 Å². The monoisotopic (exact) mass is 206 g/mol. The van der Waals surface area contributed by atoms with E-state index in [0.717, 1.165) is 6.42 Å². The largest absolute Gasteiger partial charge is 0.359 e. The number of hydrogen-bond acceptors (Lipinski definition) is 6. The van der Waals surface area contributed by atoms with Gasteiger partial charge in [-0.1, -0.05) is 25.3 Å². The normalized spacial score (nSPS) is 11.9. The SMILES string of the molecule is CCCC(NCC)C(=O)OO[N+](=O)[O-]. The molecule has 14 heavy (non-hydrogen) atoms. The van der Waals surface area contributed by atoms with Gasteiger partial charge in [-0.2, -0.15) is 0 Å². The second-order valence-electron chi connectivity index (χ2n) is 2.60. The maximum Gasteiger partial charge on any atom is 0.359 e. The number of carbonyl (C=O) groups is 1. The zero-order valence-electron chi connectivity index (χ0n) is 8.19. The summed E-state index contributed by atoms with van der Waals surface area (Å²) in [4.78, 5) is 28.3. The number of nitrogens with one attached hydrogen (secondary N) is 1. The van der Waals surface area contributed by atoms with Crippen LogP contribution in [0.5, 0.6) is 0 Å². The highest BCUT2D eigenvalue weighted by molar-refractivity contribution is 5.75. The first-order valence-corrected chi connectivity index (χ1v) is 4.38. The summed E-state index contributed by atoms with van der Waals surface area (Å²) in [6.45, 7) is 4.30. The number of hydrogen-bond donors (Lipinski definition) is 1. The minimum Gasteiger partial charge on any atom is -0.305 e. The molecule has 82 valence electrons. The molecular formula is C7H14N2O5. The van der Waals surface area contributed by atoms with Crippen LogP contribution in [0.2, 0.25) is 0 Å². The Morgan fingerprint density at radius 2 is 2.21 bits per heavy atom. The number of carbonyl (C=O) groups excluding carboxylic acids is 1. The molecule has 0 aromatic carbocycles. The molecule has 7 heteroatoms. The van der Waals surface area contributed by atoms with Gasteiger partial charge in [-0.05, 0) is 13.0 Å². The van der Waals surface area contributed by atoms with Gasteiger partial charge in [0.1, 0.15) is 6.04 Å². The molecule has 7 nitrogen and oxygen atoms in total. The van der Waals surface area contributed by atoms with Crippen molar-refractivity contribution in [3.63, 3.8) is 0 Å². The van der Waals surface area contributed by atoms with Gasteiger partial charge in [0.15, 0.2) is 0 Å². The van der Waals surface area contributed by atoms with Gasteiger partial charge < -0.3 is 5.32 Å². The zero-order chi connectivity index (χ0) is 11.0. The van der Waals surface area contributed by atoms with Crippen molar-refractivity contribution < 1.29 is 19.8 Å². The van der Waals surface area contributed by atoms with Gasteiger partial charge in [0, 0.05) is 0 Å². The lowest BCUT2D eigenvalue weighted by molar-refractivity contribution is -0.839. The van der Waals surface area contributed by atoms with E-state index in [1.807, 2.05) is 13.8 Å². The van der Waals surface area contributed by atoms with Gasteiger partial charge in [0.2, 0.25) is 0 Å². The molecule has 0 aliphatic rings. The van der Waals surface area contributed by atoms with Crippen LogP contribution in [0.4, 0.5) is 0 Å². The summed E-state index contributed by atoms with van der Waals surface area (Å²) >= 11 is 0. The third kappa shape index (κ3) is 5.31. The fraction of sp³-hybridized carbons (Fsp3) is 0.857. The van der Waals surface area contributed by atoms with Gasteiger partial charge in [0.25, 0.3) is 0 Å². The smallest absolute Gasteiger partial charge is 0.305 e. The molecule has 0 aliphatic heterocycles. The molecule has 1 atom stereocenters. The molecule has 0 aromatic heterocycles. The minimum absolute atomic E-state index is 0.549. The van der Waals surface area contributed by atoms with Crippen LogP contribution in [0.1, 0.15) is 26.7 Å². The molecule has 0 heterocycles. The fourth-order valence-electron chi connectivity index (χ4n) is 0.964. The molecule has 1 N–H and O–H groups in total. The van der Waals surface area contributed by atoms with Gasteiger partial charge in [-0.3, -0.25) is 4.89 Å². The Bertz CT molecular complexity index is 191. The molecule has 0 bridgehead atoms. The van der Waals surface area contributed by atoms with E-state index in [1.165, 1.54) is 0 Å². The van der Waals surface area contributed by atoms with Gasteiger partial charge in [0.05, 0.1) is 0 Å². The molecule has 0 radical (unpaired) electrons. The first-order valence-electron chi connectivity index (χ1n) is 4.38. The molecule has 0 saturated heterocycles. The number of rotatable bonds is 7. The third-order valence-electron chi connectivity index (χ3n) is 1.49. The summed E-state index contributed by atoms with van der Waals surface area (Å²) in [6.07, 6.45) is 1.32. The van der Waals surface area contributed by atoms with Crippen molar-refractivity contribution in [3.8, 4) is 0 Å². The van der Waals surface area contributed by atoms with Crippen molar-refractivity contribution in [2.75, 3.05) is 6.54 Å². The summed E-state index contributed by atoms with van der Waals surface area (Å²) in [5.41, 5.74) is 0. The van der Waals surface area contributed by atoms with E-state index in [1.54, 1.807) is 0 Å². The van der Waals surface area contributed by atoms with E-state index in [0.29, 0.717) is 13.0 Å². The minimum atomic E-state index is -1.17. The lowest BCUT2D eigenvalue weighted by atomic mass is 10.2. The Hall–Kier alpha value is -1.37. The van der Waals surface area contributed by atoms with E-state index in [4.69, 9.17) is 0 Å². The van der Waals surface area contributed by atoms with Gasteiger partial charge >= 0.3 is 11.1 Å². The van der Waals surface area contributed by atoms with Crippen LogP contribution < -0.4 is 5.32 Å². The average molecular weight is 206 g/mol. The van der Waals surface area contributed by atoms with E-state index in [2.05, 4.69) is 15.2 Å². The maximum absolute atomic E-state index is 11.1. The first-order chi connectivity index (χ1) is 6.61. The second kappa shape index (κ2) is 7.07. The van der Waals surface area contributed by atoms with Gasteiger partial charge in [-0.15, -0.1) is 10.1 Å². The maximum atomic E-state index is 11.1. The van der Waals surface area contributed by atoms with Crippen LogP contribution in [-0.4, -0.2) is 23.6 Å². The molecule has 0 saturated carbocycles. The van der Waals surface area contributed by atoms with Crippen LogP contribution in [0.15, 0.2) is 0 Å². The second-order valence-corrected chi connectivity index (χ2v) is 2.60. The molecule has 1 unspecified atom stereocenters. The van der Waals surface area contributed by atoms with Crippen molar-refractivity contribution in [3.05, 3.63) is 10.1 Å². The highest BCUT2D eigenvalue weighted by Crippen LogP contribution is 1.99. The van der Waals surface area contributed by atoms with Crippen molar-refractivity contribution in [1.82, 2.24) is 5.32 Å². The molecule has 0 spiro atoms. The van der Waals surface area contributed by atoms with Crippen LogP contribution >= 0.6 is 0 Å². The summed E-state index contributed by atoms with van der Waals surface area (Å²) in [6, 6.07) is -0.551. The molecule has 0 aromatic rings. The molecule has 0 fully saturated rings. The van der Waals surface area contributed by atoms with Crippen molar-refractivity contribution in [2.45, 2.75) is 32.7 Å².